The van der Waals surface area contributed by atoms with Crippen LogP contribution in [0.2, 0.25) is 10.0 Å². The van der Waals surface area contributed by atoms with E-state index in [-0.39, 0.29) is 38.4 Å². The van der Waals surface area contributed by atoms with Gasteiger partial charge in [-0.2, -0.15) is 5.26 Å². The van der Waals surface area contributed by atoms with Crippen molar-refractivity contribution in [1.82, 2.24) is 10.2 Å². The normalized spacial score (nSPS) is 16.1. The van der Waals surface area contributed by atoms with Gasteiger partial charge in [-0.1, -0.05) is 77.8 Å². The van der Waals surface area contributed by atoms with E-state index >= 15 is 0 Å². The first-order valence-electron chi connectivity index (χ1n) is 18.6. The number of hydrogen-bond donors (Lipinski definition) is 2. The average Bonchev–Trinajstić information content (AvgIpc) is 3.25. The second kappa shape index (κ2) is 17.5. The van der Waals surface area contributed by atoms with E-state index in [0.717, 1.165) is 32.7 Å². The van der Waals surface area contributed by atoms with Gasteiger partial charge in [-0.3, -0.25) is 14.5 Å². The van der Waals surface area contributed by atoms with Crippen molar-refractivity contribution in [2.45, 2.75) is 51.1 Å². The third kappa shape index (κ3) is 9.12. The molecule has 5 aromatic carbocycles. The van der Waals surface area contributed by atoms with Crippen LogP contribution in [-0.2, 0) is 45.1 Å². The molecule has 59 heavy (non-hydrogen) atoms. The fourth-order valence-corrected chi connectivity index (χ4v) is 7.58. The Morgan fingerprint density at radius 1 is 0.898 bits per heavy atom. The van der Waals surface area contributed by atoms with E-state index < -0.39 is 36.2 Å². The molecule has 3 atom stereocenters. The van der Waals surface area contributed by atoms with Gasteiger partial charge in [0.15, 0.2) is 0 Å². The Bertz CT molecular complexity index is 2450. The number of halogens is 2. The van der Waals surface area contributed by atoms with Crippen molar-refractivity contribution in [3.05, 3.63) is 147 Å². The number of amides is 3. The number of carbonyl (C=O) groups excluding carboxylic acids is 3. The lowest BCUT2D eigenvalue weighted by Crippen LogP contribution is -2.55. The topological polar surface area (TPSA) is 158 Å². The number of benzene rings is 5. The van der Waals surface area contributed by atoms with Crippen molar-refractivity contribution in [2.24, 2.45) is 0 Å². The Morgan fingerprint density at radius 2 is 1.58 bits per heavy atom. The lowest BCUT2D eigenvalue weighted by molar-refractivity contribution is -0.145. The fraction of sp³-hybridized carbons (Fsp3) is 0.222. The van der Waals surface area contributed by atoms with Gasteiger partial charge in [-0.05, 0) is 87.5 Å². The van der Waals surface area contributed by atoms with Gasteiger partial charge >= 0.3 is 12.1 Å². The van der Waals surface area contributed by atoms with Crippen molar-refractivity contribution >= 4 is 52.8 Å². The van der Waals surface area contributed by atoms with E-state index in [1.54, 1.807) is 41.3 Å². The standard InChI is InChI=1S/C45H38Cl2N4O8/c1-26(52)50-24-42(32-12-14-35(15-13-32)58-25-29-7-16-36(46)37(47)17-29)59-41-21-34-23-51(45(55)56)40(20-33(34)19-39(41)50)43(53)49-38(44(54)57-2)18-27-3-8-30(9-4-27)31-10-5-28(22-48)6-11-31/h3-17,19,21,38,40,42H,18,20,23-25H2,1-2H3,(H,49,53)(H,55,56)/t38-,40?,42+/m0/s1. The van der Waals surface area contributed by atoms with Crippen LogP contribution in [0.5, 0.6) is 11.5 Å². The molecule has 2 aliphatic rings. The quantitative estimate of drug-likeness (QED) is 0.134. The first-order chi connectivity index (χ1) is 28.4. The van der Waals surface area contributed by atoms with Crippen LogP contribution in [0.4, 0.5) is 10.5 Å². The van der Waals surface area contributed by atoms with E-state index in [1.165, 1.54) is 14.0 Å². The molecule has 300 valence electrons. The summed E-state index contributed by atoms with van der Waals surface area (Å²) < 4.78 is 17.4. The number of methoxy groups -OCH3 is 1. The average molecular weight is 834 g/mol. The summed E-state index contributed by atoms with van der Waals surface area (Å²) in [5, 5.41) is 23.0. The Labute approximate surface area is 350 Å². The van der Waals surface area contributed by atoms with Gasteiger partial charge in [0.2, 0.25) is 11.8 Å². The van der Waals surface area contributed by atoms with E-state index in [0.29, 0.717) is 43.9 Å². The third-order valence-electron chi connectivity index (χ3n) is 10.4. The zero-order chi connectivity index (χ0) is 41.8. The van der Waals surface area contributed by atoms with Crippen molar-refractivity contribution in [3.8, 4) is 28.7 Å². The molecule has 0 saturated heterocycles. The van der Waals surface area contributed by atoms with E-state index in [1.807, 2.05) is 66.7 Å². The minimum atomic E-state index is -1.31. The summed E-state index contributed by atoms with van der Waals surface area (Å²) in [6.45, 7) is 1.83. The number of nitriles is 1. The van der Waals surface area contributed by atoms with E-state index in [2.05, 4.69) is 11.4 Å². The van der Waals surface area contributed by atoms with Gasteiger partial charge in [0.05, 0.1) is 47.6 Å². The summed E-state index contributed by atoms with van der Waals surface area (Å²) in [6, 6.07) is 30.5. The minimum Gasteiger partial charge on any atom is -0.489 e. The molecule has 0 saturated carbocycles. The molecule has 2 aliphatic heterocycles. The smallest absolute Gasteiger partial charge is 0.408 e. The van der Waals surface area contributed by atoms with Crippen LogP contribution >= 0.6 is 23.2 Å². The van der Waals surface area contributed by atoms with E-state index in [4.69, 9.17) is 42.7 Å². The number of esters is 1. The predicted octanol–water partition coefficient (Wildman–Crippen LogP) is 7.90. The van der Waals surface area contributed by atoms with Crippen LogP contribution < -0.4 is 19.7 Å². The van der Waals surface area contributed by atoms with Gasteiger partial charge in [0.25, 0.3) is 0 Å². The summed E-state index contributed by atoms with van der Waals surface area (Å²) in [5.41, 5.74) is 6.56. The number of ether oxygens (including phenoxy) is 3. The first kappa shape index (κ1) is 40.6. The zero-order valence-electron chi connectivity index (χ0n) is 32.0. The van der Waals surface area contributed by atoms with Crippen LogP contribution in [0.25, 0.3) is 11.1 Å². The van der Waals surface area contributed by atoms with Gasteiger partial charge in [-0.15, -0.1) is 0 Å². The largest absolute Gasteiger partial charge is 0.489 e. The van der Waals surface area contributed by atoms with Crippen LogP contribution in [0.3, 0.4) is 0 Å². The number of carboxylic acid groups (broad SMARTS) is 1. The van der Waals surface area contributed by atoms with Crippen LogP contribution in [0.15, 0.2) is 103 Å². The monoisotopic (exact) mass is 832 g/mol. The van der Waals surface area contributed by atoms with Crippen LogP contribution in [0.1, 0.15) is 46.4 Å². The first-order valence-corrected chi connectivity index (χ1v) is 19.4. The molecule has 2 N–H and O–H groups in total. The van der Waals surface area contributed by atoms with Crippen molar-refractivity contribution in [2.75, 3.05) is 18.6 Å². The molecule has 0 aliphatic carbocycles. The maximum absolute atomic E-state index is 13.9. The third-order valence-corrected chi connectivity index (χ3v) is 11.2. The van der Waals surface area contributed by atoms with Crippen LogP contribution in [0, 0.1) is 11.3 Å². The van der Waals surface area contributed by atoms with Crippen LogP contribution in [-0.4, -0.2) is 59.6 Å². The number of fused-ring (bicyclic) bond motifs is 2. The molecule has 0 fully saturated rings. The molecule has 0 radical (unpaired) electrons. The molecule has 7 rings (SSSR count). The summed E-state index contributed by atoms with van der Waals surface area (Å²) in [7, 11) is 1.22. The maximum Gasteiger partial charge on any atom is 0.408 e. The highest BCUT2D eigenvalue weighted by Crippen LogP contribution is 2.42. The molecule has 1 unspecified atom stereocenters. The lowest BCUT2D eigenvalue weighted by atomic mass is 9.91. The molecular weight excluding hydrogens is 795 g/mol. The second-order valence-corrected chi connectivity index (χ2v) is 15.1. The SMILES string of the molecule is COC(=O)[C@H](Cc1ccc(-c2ccc(C#N)cc2)cc1)NC(=O)C1Cc2cc3c(cc2CN1C(=O)O)O[C@@H](c1ccc(OCc2ccc(Cl)c(Cl)c2)cc1)CN3C(C)=O. The Morgan fingerprint density at radius 3 is 2.20 bits per heavy atom. The fourth-order valence-electron chi connectivity index (χ4n) is 7.25. The van der Waals surface area contributed by atoms with Gasteiger partial charge in [0, 0.05) is 19.8 Å². The Kier molecular flexibility index (Phi) is 12.1. The number of anilines is 1. The van der Waals surface area contributed by atoms with Gasteiger partial charge in [0.1, 0.15) is 36.3 Å². The molecule has 3 amide bonds. The molecule has 0 bridgehead atoms. The summed E-state index contributed by atoms with van der Waals surface area (Å²) in [5.74, 6) is -0.544. The summed E-state index contributed by atoms with van der Waals surface area (Å²) >= 11 is 12.2. The molecule has 12 nitrogen and oxygen atoms in total. The van der Waals surface area contributed by atoms with E-state index in [9.17, 15) is 24.3 Å². The summed E-state index contributed by atoms with van der Waals surface area (Å²) in [6.07, 6.45) is -1.76. The second-order valence-electron chi connectivity index (χ2n) is 14.2. The van der Waals surface area contributed by atoms with Crippen molar-refractivity contribution < 1.29 is 38.5 Å². The number of hydrogen-bond acceptors (Lipinski definition) is 8. The van der Waals surface area contributed by atoms with Gasteiger partial charge < -0.3 is 29.5 Å². The highest BCUT2D eigenvalue weighted by atomic mass is 35.5. The number of nitrogens with zero attached hydrogens (tertiary/aromatic N) is 3. The molecule has 5 aromatic rings. The minimum absolute atomic E-state index is 0.00715. The number of nitrogens with one attached hydrogen (secondary N) is 1. The lowest BCUT2D eigenvalue weighted by Gasteiger charge is -2.38. The predicted molar refractivity (Wildman–Crippen MR) is 220 cm³/mol. The molecular formula is C45H38Cl2N4O8. The molecule has 2 heterocycles. The molecule has 14 heteroatoms. The molecule has 0 spiro atoms. The highest BCUT2D eigenvalue weighted by molar-refractivity contribution is 6.42. The number of carbonyl (C=O) groups is 4. The Balaban J connectivity index is 1.06. The molecule has 0 aromatic heterocycles. The van der Waals surface area contributed by atoms with Crippen molar-refractivity contribution in [3.63, 3.8) is 0 Å². The zero-order valence-corrected chi connectivity index (χ0v) is 33.5. The highest BCUT2D eigenvalue weighted by Gasteiger charge is 2.39. The van der Waals surface area contributed by atoms with Gasteiger partial charge in [-0.25, -0.2) is 9.59 Å². The van der Waals surface area contributed by atoms with Crippen molar-refractivity contribution in [1.29, 1.82) is 5.26 Å². The number of rotatable bonds is 10. The summed E-state index contributed by atoms with van der Waals surface area (Å²) in [4.78, 5) is 55.2. The maximum atomic E-state index is 13.9. The Hall–Kier alpha value is -6.55.